The number of rotatable bonds is 5. The van der Waals surface area contributed by atoms with Gasteiger partial charge in [-0.1, -0.05) is 11.6 Å². The van der Waals surface area contributed by atoms with Crippen molar-refractivity contribution in [3.05, 3.63) is 51.2 Å². The molecule has 2 aromatic rings. The second-order valence-electron chi connectivity index (χ2n) is 4.15. The average Bonchev–Trinajstić information content (AvgIpc) is 2.89. The first-order valence-electron chi connectivity index (χ1n) is 5.67. The van der Waals surface area contributed by atoms with Crippen molar-refractivity contribution in [1.82, 2.24) is 0 Å². The van der Waals surface area contributed by atoms with Crippen LogP contribution in [0.15, 0.2) is 39.9 Å². The molecule has 0 saturated heterocycles. The van der Waals surface area contributed by atoms with Gasteiger partial charge < -0.3 is 5.11 Å². The van der Waals surface area contributed by atoms with Crippen molar-refractivity contribution >= 4 is 38.7 Å². The Kier molecular flexibility index (Phi) is 4.47. The summed E-state index contributed by atoms with van der Waals surface area (Å²) in [6.07, 6.45) is 0.374. The van der Waals surface area contributed by atoms with E-state index < -0.39 is 15.8 Å². The maximum atomic E-state index is 12.2. The minimum Gasteiger partial charge on any atom is -0.478 e. The third-order valence-corrected chi connectivity index (χ3v) is 5.68. The zero-order valence-electron chi connectivity index (χ0n) is 10.2. The van der Waals surface area contributed by atoms with Crippen molar-refractivity contribution in [1.29, 1.82) is 0 Å². The molecule has 1 aromatic carbocycles. The van der Waals surface area contributed by atoms with E-state index >= 15 is 0 Å². The van der Waals surface area contributed by atoms with E-state index in [1.165, 1.54) is 23.5 Å². The third kappa shape index (κ3) is 3.39. The largest absolute Gasteiger partial charge is 0.478 e. The molecule has 0 aliphatic carbocycles. The van der Waals surface area contributed by atoms with Crippen LogP contribution in [0, 0.1) is 0 Å². The van der Waals surface area contributed by atoms with Gasteiger partial charge in [0.25, 0.3) is 0 Å². The molecule has 0 fully saturated rings. The van der Waals surface area contributed by atoms with Gasteiger partial charge in [-0.05, 0) is 47.0 Å². The van der Waals surface area contributed by atoms with Gasteiger partial charge in [-0.25, -0.2) is 13.2 Å². The van der Waals surface area contributed by atoms with Crippen molar-refractivity contribution in [2.75, 3.05) is 5.75 Å². The predicted molar refractivity (Wildman–Crippen MR) is 78.5 cm³/mol. The molecule has 0 radical (unpaired) electrons. The summed E-state index contributed by atoms with van der Waals surface area (Å²) in [5.41, 5.74) is 0.840. The first-order chi connectivity index (χ1) is 9.40. The van der Waals surface area contributed by atoms with Crippen molar-refractivity contribution in [3.8, 4) is 0 Å². The Bertz CT molecular complexity index is 721. The van der Waals surface area contributed by atoms with E-state index in [0.29, 0.717) is 6.42 Å². The fourth-order valence-corrected chi connectivity index (χ4v) is 4.24. The molecule has 7 heteroatoms. The van der Waals surface area contributed by atoms with Gasteiger partial charge in [0.15, 0.2) is 9.84 Å². The number of benzene rings is 1. The van der Waals surface area contributed by atoms with Crippen LogP contribution >= 0.6 is 22.9 Å². The highest BCUT2D eigenvalue weighted by Crippen LogP contribution is 2.24. The van der Waals surface area contributed by atoms with E-state index in [9.17, 15) is 13.2 Å². The van der Waals surface area contributed by atoms with E-state index in [2.05, 4.69) is 0 Å². The summed E-state index contributed by atoms with van der Waals surface area (Å²) in [6.45, 7) is 0. The Morgan fingerprint density at radius 1 is 1.30 bits per heavy atom. The lowest BCUT2D eigenvalue weighted by molar-refractivity contribution is 0.0696. The quantitative estimate of drug-likeness (QED) is 0.914. The average molecular weight is 331 g/mol. The highest BCUT2D eigenvalue weighted by atomic mass is 35.5. The second kappa shape index (κ2) is 5.95. The van der Waals surface area contributed by atoms with E-state index in [1.807, 2.05) is 16.8 Å². The Morgan fingerprint density at radius 3 is 2.65 bits per heavy atom. The molecule has 0 amide bonds. The van der Waals surface area contributed by atoms with Crippen LogP contribution in [0.3, 0.4) is 0 Å². The zero-order valence-corrected chi connectivity index (χ0v) is 12.6. The summed E-state index contributed by atoms with van der Waals surface area (Å²) in [5.74, 6) is -1.29. The molecule has 0 bridgehead atoms. The van der Waals surface area contributed by atoms with Gasteiger partial charge in [0, 0.05) is 0 Å². The summed E-state index contributed by atoms with van der Waals surface area (Å²) < 4.78 is 24.5. The van der Waals surface area contributed by atoms with Crippen LogP contribution in [0.1, 0.15) is 15.9 Å². The Labute approximate surface area is 125 Å². The van der Waals surface area contributed by atoms with Gasteiger partial charge in [0.05, 0.1) is 21.2 Å². The van der Waals surface area contributed by atoms with Crippen molar-refractivity contribution in [3.63, 3.8) is 0 Å². The number of aromatic carboxylic acids is 1. The fraction of sp³-hybridized carbons (Fsp3) is 0.154. The summed E-state index contributed by atoms with van der Waals surface area (Å²) in [6, 6.07) is 5.54. The molecule has 1 N–H and O–H groups in total. The number of carboxylic acid groups (broad SMARTS) is 1. The van der Waals surface area contributed by atoms with Gasteiger partial charge in [-0.3, -0.25) is 0 Å². The number of halogens is 1. The molecule has 1 heterocycles. The number of hydrogen-bond acceptors (Lipinski definition) is 4. The molecule has 0 saturated carbocycles. The van der Waals surface area contributed by atoms with Crippen molar-refractivity contribution in [2.45, 2.75) is 11.3 Å². The van der Waals surface area contributed by atoms with Gasteiger partial charge in [0.1, 0.15) is 0 Å². The van der Waals surface area contributed by atoms with Crippen LogP contribution in [0.4, 0.5) is 0 Å². The van der Waals surface area contributed by atoms with Crippen LogP contribution in [0.25, 0.3) is 0 Å². The third-order valence-electron chi connectivity index (χ3n) is 2.75. The van der Waals surface area contributed by atoms with E-state index in [4.69, 9.17) is 16.7 Å². The van der Waals surface area contributed by atoms with Crippen LogP contribution in [-0.2, 0) is 16.3 Å². The second-order valence-corrected chi connectivity index (χ2v) is 7.42. The molecule has 2 rings (SSSR count). The van der Waals surface area contributed by atoms with Gasteiger partial charge >= 0.3 is 5.97 Å². The SMILES string of the molecule is O=C(O)c1ccc(Cl)c(S(=O)(=O)CCc2ccsc2)c1. The zero-order chi connectivity index (χ0) is 14.8. The molecule has 0 atom stereocenters. The topological polar surface area (TPSA) is 71.4 Å². The number of carbonyl (C=O) groups is 1. The Hall–Kier alpha value is -1.37. The molecule has 0 unspecified atom stereocenters. The minimum absolute atomic E-state index is 0.0420. The normalized spacial score (nSPS) is 11.4. The van der Waals surface area contributed by atoms with Gasteiger partial charge in [0.2, 0.25) is 0 Å². The van der Waals surface area contributed by atoms with Crippen molar-refractivity contribution < 1.29 is 18.3 Å². The lowest BCUT2D eigenvalue weighted by Gasteiger charge is -2.07. The lowest BCUT2D eigenvalue weighted by atomic mass is 10.2. The molecule has 0 aliphatic rings. The molecule has 0 aliphatic heterocycles. The number of hydrogen-bond donors (Lipinski definition) is 1. The molecular formula is C13H11ClO4S2. The number of aryl methyl sites for hydroxylation is 1. The monoisotopic (exact) mass is 330 g/mol. The van der Waals surface area contributed by atoms with E-state index in [0.717, 1.165) is 11.6 Å². The molecule has 1 aromatic heterocycles. The van der Waals surface area contributed by atoms with Crippen LogP contribution in [0.5, 0.6) is 0 Å². The lowest BCUT2D eigenvalue weighted by Crippen LogP contribution is -2.11. The predicted octanol–water partition coefficient (Wildman–Crippen LogP) is 3.12. The summed E-state index contributed by atoms with van der Waals surface area (Å²) >= 11 is 7.37. The van der Waals surface area contributed by atoms with Gasteiger partial charge in [-0.15, -0.1) is 0 Å². The summed E-state index contributed by atoms with van der Waals surface area (Å²) in [5, 5.41) is 12.7. The van der Waals surface area contributed by atoms with Gasteiger partial charge in [-0.2, -0.15) is 11.3 Å². The molecule has 106 valence electrons. The Balaban J connectivity index is 2.28. The van der Waals surface area contributed by atoms with Crippen molar-refractivity contribution in [2.24, 2.45) is 0 Å². The number of thiophene rings is 1. The highest BCUT2D eigenvalue weighted by molar-refractivity contribution is 7.91. The molecular weight excluding hydrogens is 320 g/mol. The summed E-state index contributed by atoms with van der Waals surface area (Å²) in [4.78, 5) is 10.8. The Morgan fingerprint density at radius 2 is 2.05 bits per heavy atom. The standard InChI is InChI=1S/C13H11ClO4S2/c14-11-2-1-10(13(15)16)7-12(11)20(17,18)6-4-9-3-5-19-8-9/h1-3,5,7-8H,4,6H2,(H,15,16). The van der Waals surface area contributed by atoms with Crippen LogP contribution < -0.4 is 0 Å². The maximum absolute atomic E-state index is 12.2. The smallest absolute Gasteiger partial charge is 0.335 e. The number of sulfone groups is 1. The fourth-order valence-electron chi connectivity index (χ4n) is 1.67. The summed E-state index contributed by atoms with van der Waals surface area (Å²) in [7, 11) is -3.61. The van der Waals surface area contributed by atoms with E-state index in [-0.39, 0.29) is 21.2 Å². The first-order valence-corrected chi connectivity index (χ1v) is 8.64. The van der Waals surface area contributed by atoms with Crippen LogP contribution in [0.2, 0.25) is 5.02 Å². The minimum atomic E-state index is -3.61. The van der Waals surface area contributed by atoms with Crippen LogP contribution in [-0.4, -0.2) is 25.2 Å². The molecule has 20 heavy (non-hydrogen) atoms. The first kappa shape index (κ1) is 15.0. The highest BCUT2D eigenvalue weighted by Gasteiger charge is 2.20. The maximum Gasteiger partial charge on any atom is 0.335 e. The molecule has 0 spiro atoms. The number of carboxylic acids is 1. The molecule has 4 nitrogen and oxygen atoms in total. The van der Waals surface area contributed by atoms with E-state index in [1.54, 1.807) is 0 Å².